The number of carbonyl (C=O) groups is 1. The molecule has 0 atom stereocenters. The molecule has 1 saturated carbocycles. The van der Waals surface area contributed by atoms with Crippen molar-refractivity contribution in [2.45, 2.75) is 25.2 Å². The van der Waals surface area contributed by atoms with Crippen LogP contribution in [0.5, 0.6) is 5.75 Å². The number of para-hydroxylation sites is 1. The highest BCUT2D eigenvalue weighted by molar-refractivity contribution is 6.04. The van der Waals surface area contributed by atoms with Crippen molar-refractivity contribution >= 4 is 17.4 Å². The summed E-state index contributed by atoms with van der Waals surface area (Å²) in [6, 6.07) is 17.4. The average molecular weight is 349 g/mol. The number of nitrogens with zero attached hydrogens (tertiary/aromatic N) is 1. The molecule has 0 radical (unpaired) electrons. The quantitative estimate of drug-likeness (QED) is 0.591. The van der Waals surface area contributed by atoms with Gasteiger partial charge in [0.15, 0.2) is 0 Å². The van der Waals surface area contributed by atoms with E-state index in [-0.39, 0.29) is 11.7 Å². The second-order valence-electron chi connectivity index (χ2n) is 6.23. The Balaban J connectivity index is 1.65. The van der Waals surface area contributed by atoms with Crippen molar-refractivity contribution in [1.82, 2.24) is 0 Å². The summed E-state index contributed by atoms with van der Waals surface area (Å²) in [7, 11) is 0. The zero-order chi connectivity index (χ0) is 18.4. The van der Waals surface area contributed by atoms with Crippen LogP contribution >= 0.6 is 0 Å². The van der Waals surface area contributed by atoms with Gasteiger partial charge in [-0.25, -0.2) is 0 Å². The van der Waals surface area contributed by atoms with E-state index in [9.17, 15) is 4.79 Å². The molecule has 26 heavy (non-hydrogen) atoms. The molecule has 1 fully saturated rings. The van der Waals surface area contributed by atoms with Gasteiger partial charge in [-0.05, 0) is 55.7 Å². The largest absolute Gasteiger partial charge is 0.494 e. The fraction of sp³-hybridized carbons (Fsp3) is 0.238. The molecular weight excluding hydrogens is 326 g/mol. The fourth-order valence-corrected chi connectivity index (χ4v) is 2.81. The van der Waals surface area contributed by atoms with Gasteiger partial charge in [0.1, 0.15) is 11.6 Å². The van der Waals surface area contributed by atoms with Gasteiger partial charge in [-0.2, -0.15) is 4.99 Å². The molecule has 3 N–H and O–H groups in total. The number of hydrogen-bond donors (Lipinski definition) is 2. The van der Waals surface area contributed by atoms with Gasteiger partial charge in [0.2, 0.25) is 0 Å². The summed E-state index contributed by atoms with van der Waals surface area (Å²) in [5.41, 5.74) is 7.26. The number of aliphatic imine (C=N–C) groups is 1. The van der Waals surface area contributed by atoms with Gasteiger partial charge in [-0.3, -0.25) is 4.79 Å². The number of nitrogens with two attached hydrogens (primary N) is 1. The van der Waals surface area contributed by atoms with E-state index < -0.39 is 5.41 Å². The van der Waals surface area contributed by atoms with E-state index in [1.165, 1.54) is 0 Å². The van der Waals surface area contributed by atoms with Crippen LogP contribution in [0.2, 0.25) is 0 Å². The van der Waals surface area contributed by atoms with E-state index in [0.29, 0.717) is 6.61 Å². The molecule has 2 aromatic rings. The van der Waals surface area contributed by atoms with E-state index >= 15 is 0 Å². The third-order valence-corrected chi connectivity index (χ3v) is 4.39. The normalized spacial score (nSPS) is 15.7. The van der Waals surface area contributed by atoms with E-state index in [4.69, 9.17) is 10.5 Å². The second kappa shape index (κ2) is 7.87. The van der Waals surface area contributed by atoms with Gasteiger partial charge >= 0.3 is 0 Å². The average Bonchev–Trinajstić information content (AvgIpc) is 3.45. The van der Waals surface area contributed by atoms with Crippen LogP contribution in [-0.2, 0) is 10.2 Å². The van der Waals surface area contributed by atoms with Gasteiger partial charge in [-0.15, -0.1) is 0 Å². The number of hydrogen-bond acceptors (Lipinski definition) is 3. The number of ether oxygens (including phenoxy) is 1. The lowest BCUT2D eigenvalue weighted by atomic mass is 9.95. The number of nitrogens with one attached hydrogen (secondary N) is 1. The molecule has 3 rings (SSSR count). The molecule has 0 bridgehead atoms. The summed E-state index contributed by atoms with van der Waals surface area (Å²) in [6.07, 6.45) is 4.86. The number of amidine groups is 1. The molecule has 1 aliphatic rings. The van der Waals surface area contributed by atoms with E-state index in [1.807, 2.05) is 61.5 Å². The maximum absolute atomic E-state index is 12.6. The highest BCUT2D eigenvalue weighted by atomic mass is 16.5. The van der Waals surface area contributed by atoms with Crippen molar-refractivity contribution in [1.29, 1.82) is 0 Å². The minimum Gasteiger partial charge on any atom is -0.494 e. The first-order chi connectivity index (χ1) is 12.6. The van der Waals surface area contributed by atoms with Crippen molar-refractivity contribution in [2.75, 3.05) is 11.9 Å². The maximum Gasteiger partial charge on any atom is 0.258 e. The van der Waals surface area contributed by atoms with Crippen LogP contribution in [0.3, 0.4) is 0 Å². The van der Waals surface area contributed by atoms with E-state index in [1.54, 1.807) is 12.3 Å². The maximum atomic E-state index is 12.6. The minimum atomic E-state index is -0.532. The van der Waals surface area contributed by atoms with Crippen molar-refractivity contribution in [3.63, 3.8) is 0 Å². The summed E-state index contributed by atoms with van der Waals surface area (Å²) < 4.78 is 5.45. The molecule has 0 aromatic heterocycles. The molecule has 0 spiro atoms. The predicted octanol–water partition coefficient (Wildman–Crippen LogP) is 3.63. The van der Waals surface area contributed by atoms with Gasteiger partial charge in [0.05, 0.1) is 12.0 Å². The standard InChI is InChI=1S/C21H23N3O2/c1-2-26-18-10-8-16(9-11-18)21(13-14-21)20(25)24-19(22)12-15-23-17-6-4-3-5-7-17/h3-12,15,23H,2,13-14H2,1H3,(H2,22,24,25)/b15-12-. The number of anilines is 1. The first kappa shape index (κ1) is 17.7. The topological polar surface area (TPSA) is 76.7 Å². The van der Waals surface area contributed by atoms with Crippen LogP contribution < -0.4 is 15.8 Å². The highest BCUT2D eigenvalue weighted by Crippen LogP contribution is 2.49. The molecule has 0 unspecified atom stereocenters. The fourth-order valence-electron chi connectivity index (χ4n) is 2.81. The summed E-state index contributed by atoms with van der Waals surface area (Å²) in [6.45, 7) is 2.56. The molecule has 134 valence electrons. The Hall–Kier alpha value is -3.08. The third-order valence-electron chi connectivity index (χ3n) is 4.39. The van der Waals surface area contributed by atoms with Gasteiger partial charge in [0.25, 0.3) is 5.91 Å². The highest BCUT2D eigenvalue weighted by Gasteiger charge is 2.51. The zero-order valence-electron chi connectivity index (χ0n) is 14.8. The van der Waals surface area contributed by atoms with Crippen molar-refractivity contribution in [3.05, 3.63) is 72.4 Å². The third kappa shape index (κ3) is 4.11. The zero-order valence-corrected chi connectivity index (χ0v) is 14.8. The summed E-state index contributed by atoms with van der Waals surface area (Å²) in [5.74, 6) is 0.802. The van der Waals surface area contributed by atoms with Crippen LogP contribution in [0.15, 0.2) is 71.9 Å². The first-order valence-electron chi connectivity index (χ1n) is 8.74. The molecule has 2 aromatic carbocycles. The van der Waals surface area contributed by atoms with Crippen LogP contribution in [0, 0.1) is 0 Å². The molecule has 0 aliphatic heterocycles. The Kier molecular flexibility index (Phi) is 5.37. The molecule has 0 saturated heterocycles. The van der Waals surface area contributed by atoms with Crippen molar-refractivity contribution in [2.24, 2.45) is 10.7 Å². The molecule has 1 aliphatic carbocycles. The Morgan fingerprint density at radius 3 is 2.50 bits per heavy atom. The molecule has 5 nitrogen and oxygen atoms in total. The van der Waals surface area contributed by atoms with Crippen LogP contribution in [-0.4, -0.2) is 18.3 Å². The first-order valence-corrected chi connectivity index (χ1v) is 8.74. The SMILES string of the molecule is CCOc1ccc(C2(C(=O)N=C(N)/C=C\Nc3ccccc3)CC2)cc1. The lowest BCUT2D eigenvalue weighted by Crippen LogP contribution is -2.22. The smallest absolute Gasteiger partial charge is 0.258 e. The number of rotatable bonds is 7. The molecule has 0 heterocycles. The lowest BCUT2D eigenvalue weighted by Gasteiger charge is -2.12. The van der Waals surface area contributed by atoms with E-state index in [0.717, 1.165) is 29.8 Å². The van der Waals surface area contributed by atoms with Crippen LogP contribution in [0.4, 0.5) is 5.69 Å². The number of amides is 1. The summed E-state index contributed by atoms with van der Waals surface area (Å²) in [5, 5.41) is 3.09. The lowest BCUT2D eigenvalue weighted by molar-refractivity contribution is -0.120. The number of benzene rings is 2. The molecule has 1 amide bonds. The minimum absolute atomic E-state index is 0.190. The van der Waals surface area contributed by atoms with Gasteiger partial charge < -0.3 is 15.8 Å². The monoisotopic (exact) mass is 349 g/mol. The van der Waals surface area contributed by atoms with Gasteiger partial charge in [-0.1, -0.05) is 30.3 Å². The van der Waals surface area contributed by atoms with Gasteiger partial charge in [0, 0.05) is 11.9 Å². The predicted molar refractivity (Wildman–Crippen MR) is 104 cm³/mol. The Labute approximate surface area is 153 Å². The second-order valence-corrected chi connectivity index (χ2v) is 6.23. The molecule has 5 heteroatoms. The summed E-state index contributed by atoms with van der Waals surface area (Å²) in [4.78, 5) is 16.7. The van der Waals surface area contributed by atoms with E-state index in [2.05, 4.69) is 10.3 Å². The Morgan fingerprint density at radius 1 is 1.19 bits per heavy atom. The Bertz CT molecular complexity index is 807. The molecular formula is C21H23N3O2. The number of carbonyl (C=O) groups excluding carboxylic acids is 1. The van der Waals surface area contributed by atoms with Crippen molar-refractivity contribution in [3.8, 4) is 5.75 Å². The Morgan fingerprint density at radius 2 is 1.88 bits per heavy atom. The van der Waals surface area contributed by atoms with Crippen molar-refractivity contribution < 1.29 is 9.53 Å². The summed E-state index contributed by atoms with van der Waals surface area (Å²) >= 11 is 0. The van der Waals surface area contributed by atoms with Crippen LogP contribution in [0.1, 0.15) is 25.3 Å². The van der Waals surface area contributed by atoms with Crippen LogP contribution in [0.25, 0.3) is 0 Å².